The molecule has 2 aromatic rings. The first-order valence-electron chi connectivity index (χ1n) is 8.73. The molecule has 0 aliphatic rings. The van der Waals surface area contributed by atoms with E-state index >= 15 is 0 Å². The van der Waals surface area contributed by atoms with Crippen LogP contribution in [0.15, 0.2) is 41.5 Å². The summed E-state index contributed by atoms with van der Waals surface area (Å²) in [6.45, 7) is 2.06. The third kappa shape index (κ3) is 6.69. The summed E-state index contributed by atoms with van der Waals surface area (Å²) in [5, 5.41) is 12.8. The molecule has 0 heterocycles. The number of carboxylic acid groups (broad SMARTS) is 1. The zero-order chi connectivity index (χ0) is 21.2. The highest BCUT2D eigenvalue weighted by Crippen LogP contribution is 2.28. The first kappa shape index (κ1) is 22.0. The highest BCUT2D eigenvalue weighted by Gasteiger charge is 2.11. The maximum atomic E-state index is 12.3. The lowest BCUT2D eigenvalue weighted by atomic mass is 10.2. The minimum absolute atomic E-state index is 0.230. The molecule has 0 saturated carbocycles. The van der Waals surface area contributed by atoms with Crippen molar-refractivity contribution in [3.8, 4) is 17.2 Å². The second-order valence-corrected chi connectivity index (χ2v) is 6.19. The Morgan fingerprint density at radius 1 is 1.14 bits per heavy atom. The smallest absolute Gasteiger partial charge is 0.341 e. The van der Waals surface area contributed by atoms with Crippen molar-refractivity contribution in [1.29, 1.82) is 0 Å². The maximum absolute atomic E-state index is 12.3. The van der Waals surface area contributed by atoms with Crippen molar-refractivity contribution in [2.24, 2.45) is 5.10 Å². The summed E-state index contributed by atoms with van der Waals surface area (Å²) in [4.78, 5) is 22.8. The molecule has 0 bridgehead atoms. The van der Waals surface area contributed by atoms with Gasteiger partial charge < -0.3 is 19.3 Å². The van der Waals surface area contributed by atoms with Crippen LogP contribution in [0.5, 0.6) is 17.2 Å². The highest BCUT2D eigenvalue weighted by atomic mass is 35.5. The van der Waals surface area contributed by atoms with Crippen LogP contribution in [0.1, 0.15) is 29.3 Å². The maximum Gasteiger partial charge on any atom is 0.341 e. The number of halogens is 1. The Hall–Kier alpha value is -3.26. The second kappa shape index (κ2) is 10.9. The van der Waals surface area contributed by atoms with Gasteiger partial charge in [-0.15, -0.1) is 0 Å². The van der Waals surface area contributed by atoms with Crippen molar-refractivity contribution in [3.63, 3.8) is 0 Å². The Morgan fingerprint density at radius 3 is 2.55 bits per heavy atom. The average molecular weight is 421 g/mol. The van der Waals surface area contributed by atoms with Crippen LogP contribution in [0, 0.1) is 0 Å². The fourth-order valence-electron chi connectivity index (χ4n) is 2.22. The molecule has 0 radical (unpaired) electrons. The van der Waals surface area contributed by atoms with Crippen LogP contribution in [0.4, 0.5) is 0 Å². The molecule has 0 spiro atoms. The summed E-state index contributed by atoms with van der Waals surface area (Å²) in [6.07, 6.45) is 2.26. The van der Waals surface area contributed by atoms with Crippen molar-refractivity contribution in [2.75, 3.05) is 20.3 Å². The number of amides is 1. The van der Waals surface area contributed by atoms with Crippen molar-refractivity contribution in [1.82, 2.24) is 5.43 Å². The summed E-state index contributed by atoms with van der Waals surface area (Å²) < 4.78 is 15.9. The summed E-state index contributed by atoms with van der Waals surface area (Å²) in [6, 6.07) is 9.54. The SMILES string of the molecule is CCCOc1ccc(C(=O)N/N=C/c2ccc(OCC(=O)O)c(Cl)c2)cc1OC. The van der Waals surface area contributed by atoms with E-state index in [2.05, 4.69) is 10.5 Å². The monoisotopic (exact) mass is 420 g/mol. The molecular formula is C20H21ClN2O6. The van der Waals surface area contributed by atoms with Gasteiger partial charge in [0, 0.05) is 5.56 Å². The Bertz CT molecular complexity index is 901. The number of aliphatic carboxylic acids is 1. The van der Waals surface area contributed by atoms with Gasteiger partial charge in [0.15, 0.2) is 18.1 Å². The predicted octanol–water partition coefficient (Wildman–Crippen LogP) is 3.36. The van der Waals surface area contributed by atoms with Gasteiger partial charge in [0.05, 0.1) is 25.0 Å². The molecule has 0 aromatic heterocycles. The van der Waals surface area contributed by atoms with Gasteiger partial charge in [-0.25, -0.2) is 10.2 Å². The van der Waals surface area contributed by atoms with Crippen molar-refractivity contribution >= 4 is 29.7 Å². The Kier molecular flexibility index (Phi) is 8.29. The van der Waals surface area contributed by atoms with E-state index in [9.17, 15) is 9.59 Å². The molecule has 2 N–H and O–H groups in total. The number of carbonyl (C=O) groups is 2. The van der Waals surface area contributed by atoms with E-state index in [1.54, 1.807) is 24.3 Å². The minimum Gasteiger partial charge on any atom is -0.493 e. The Labute approximate surface area is 173 Å². The zero-order valence-electron chi connectivity index (χ0n) is 16.0. The lowest BCUT2D eigenvalue weighted by molar-refractivity contribution is -0.139. The quantitative estimate of drug-likeness (QED) is 0.451. The number of hydrogen-bond donors (Lipinski definition) is 2. The highest BCUT2D eigenvalue weighted by molar-refractivity contribution is 6.32. The van der Waals surface area contributed by atoms with E-state index in [0.29, 0.717) is 29.2 Å². The average Bonchev–Trinajstić information content (AvgIpc) is 2.71. The number of carboxylic acids is 1. The molecule has 0 aliphatic heterocycles. The van der Waals surface area contributed by atoms with Gasteiger partial charge in [0.25, 0.3) is 5.91 Å². The number of hydrazone groups is 1. The van der Waals surface area contributed by atoms with Crippen LogP contribution in [0.3, 0.4) is 0 Å². The van der Waals surface area contributed by atoms with Crippen LogP contribution in [0.2, 0.25) is 5.02 Å². The number of methoxy groups -OCH3 is 1. The molecule has 2 rings (SSSR count). The molecule has 9 heteroatoms. The predicted molar refractivity (Wildman–Crippen MR) is 108 cm³/mol. The van der Waals surface area contributed by atoms with Gasteiger partial charge >= 0.3 is 5.97 Å². The van der Waals surface area contributed by atoms with Gasteiger partial charge in [0.2, 0.25) is 0 Å². The molecule has 29 heavy (non-hydrogen) atoms. The lowest BCUT2D eigenvalue weighted by Gasteiger charge is -2.11. The van der Waals surface area contributed by atoms with Crippen LogP contribution in [-0.4, -0.2) is 43.5 Å². The molecule has 0 atom stereocenters. The van der Waals surface area contributed by atoms with Crippen molar-refractivity contribution in [3.05, 3.63) is 52.5 Å². The number of nitrogens with one attached hydrogen (secondary N) is 1. The fraction of sp³-hybridized carbons (Fsp3) is 0.250. The van der Waals surface area contributed by atoms with Crippen molar-refractivity contribution < 1.29 is 28.9 Å². The third-order valence-electron chi connectivity index (χ3n) is 3.57. The number of rotatable bonds is 10. The Balaban J connectivity index is 2.00. The third-order valence-corrected chi connectivity index (χ3v) is 3.87. The number of ether oxygens (including phenoxy) is 3. The number of benzene rings is 2. The molecule has 2 aromatic carbocycles. The minimum atomic E-state index is -1.10. The normalized spacial score (nSPS) is 10.6. The summed E-state index contributed by atoms with van der Waals surface area (Å²) in [5.74, 6) is -0.258. The van der Waals surface area contributed by atoms with Gasteiger partial charge in [0.1, 0.15) is 5.75 Å². The van der Waals surface area contributed by atoms with Crippen molar-refractivity contribution in [2.45, 2.75) is 13.3 Å². The summed E-state index contributed by atoms with van der Waals surface area (Å²) in [7, 11) is 1.50. The molecule has 0 aliphatic carbocycles. The van der Waals surface area contributed by atoms with E-state index in [1.807, 2.05) is 6.92 Å². The van der Waals surface area contributed by atoms with Crippen LogP contribution in [0.25, 0.3) is 0 Å². The number of nitrogens with zero attached hydrogens (tertiary/aromatic N) is 1. The van der Waals surface area contributed by atoms with Gasteiger partial charge in [-0.1, -0.05) is 18.5 Å². The standard InChI is InChI=1S/C20H21ClN2O6/c1-3-8-28-17-7-5-14(10-18(17)27-2)20(26)23-22-11-13-4-6-16(15(21)9-13)29-12-19(24)25/h4-7,9-11H,3,8,12H2,1-2H3,(H,23,26)(H,24,25)/b22-11+. The van der Waals surface area contributed by atoms with Gasteiger partial charge in [-0.05, 0) is 48.4 Å². The van der Waals surface area contributed by atoms with E-state index in [0.717, 1.165) is 6.42 Å². The lowest BCUT2D eigenvalue weighted by Crippen LogP contribution is -2.17. The van der Waals surface area contributed by atoms with Crippen LogP contribution >= 0.6 is 11.6 Å². The Morgan fingerprint density at radius 2 is 1.90 bits per heavy atom. The first-order chi connectivity index (χ1) is 13.9. The molecule has 8 nitrogen and oxygen atoms in total. The van der Waals surface area contributed by atoms with Crippen LogP contribution < -0.4 is 19.6 Å². The summed E-state index contributed by atoms with van der Waals surface area (Å²) >= 11 is 6.04. The van der Waals surface area contributed by atoms with E-state index < -0.39 is 18.5 Å². The van der Waals surface area contributed by atoms with Gasteiger partial charge in [-0.2, -0.15) is 5.10 Å². The largest absolute Gasteiger partial charge is 0.493 e. The molecule has 0 unspecified atom stereocenters. The molecule has 154 valence electrons. The molecular weight excluding hydrogens is 400 g/mol. The molecule has 0 saturated heterocycles. The fourth-order valence-corrected chi connectivity index (χ4v) is 2.47. The first-order valence-corrected chi connectivity index (χ1v) is 9.10. The van der Waals surface area contributed by atoms with E-state index in [4.69, 9.17) is 30.9 Å². The summed E-state index contributed by atoms with van der Waals surface area (Å²) in [5.41, 5.74) is 3.37. The van der Waals surface area contributed by atoms with E-state index in [1.165, 1.54) is 25.5 Å². The number of carbonyl (C=O) groups excluding carboxylic acids is 1. The second-order valence-electron chi connectivity index (χ2n) is 5.79. The zero-order valence-corrected chi connectivity index (χ0v) is 16.7. The van der Waals surface area contributed by atoms with Crippen LogP contribution in [-0.2, 0) is 4.79 Å². The number of hydrogen-bond acceptors (Lipinski definition) is 6. The molecule has 1 amide bonds. The van der Waals surface area contributed by atoms with E-state index in [-0.39, 0.29) is 10.8 Å². The topological polar surface area (TPSA) is 106 Å². The molecule has 0 fully saturated rings. The van der Waals surface area contributed by atoms with Gasteiger partial charge in [-0.3, -0.25) is 4.79 Å².